The van der Waals surface area contributed by atoms with E-state index in [1.165, 1.54) is 7.11 Å². The highest BCUT2D eigenvalue weighted by atomic mass is 16.5. The maximum absolute atomic E-state index is 11.5. The van der Waals surface area contributed by atoms with Gasteiger partial charge in [0.15, 0.2) is 0 Å². The quantitative estimate of drug-likeness (QED) is 0.580. The summed E-state index contributed by atoms with van der Waals surface area (Å²) in [5.74, 6) is -0.396. The van der Waals surface area contributed by atoms with Crippen molar-refractivity contribution in [3.05, 3.63) is 23.3 Å². The van der Waals surface area contributed by atoms with Crippen LogP contribution in [0.3, 0.4) is 0 Å². The van der Waals surface area contributed by atoms with E-state index in [1.807, 2.05) is 0 Å². The first-order valence-electron chi connectivity index (χ1n) is 5.32. The van der Waals surface area contributed by atoms with Crippen molar-refractivity contribution in [3.8, 4) is 0 Å². The Morgan fingerprint density at radius 2 is 2.12 bits per heavy atom. The SMILES string of the molecule is COC(=O)c1ccc2c(c1N)CCC(=O)N2C. The summed E-state index contributed by atoms with van der Waals surface area (Å²) >= 11 is 0. The van der Waals surface area contributed by atoms with E-state index in [0.717, 1.165) is 11.3 Å². The number of nitrogens with two attached hydrogens (primary N) is 1. The van der Waals surface area contributed by atoms with Gasteiger partial charge >= 0.3 is 5.97 Å². The number of hydrogen-bond donors (Lipinski definition) is 1. The number of esters is 1. The van der Waals surface area contributed by atoms with Gasteiger partial charge in [-0.3, -0.25) is 4.79 Å². The molecule has 1 amide bonds. The lowest BCUT2D eigenvalue weighted by Crippen LogP contribution is -2.31. The number of fused-ring (bicyclic) bond motifs is 1. The number of methoxy groups -OCH3 is 1. The largest absolute Gasteiger partial charge is 0.465 e. The van der Waals surface area contributed by atoms with Gasteiger partial charge in [-0.2, -0.15) is 0 Å². The predicted octanol–water partition coefficient (Wildman–Crippen LogP) is 0.964. The molecule has 0 aromatic heterocycles. The fourth-order valence-corrected chi connectivity index (χ4v) is 2.05. The van der Waals surface area contributed by atoms with Gasteiger partial charge < -0.3 is 15.4 Å². The van der Waals surface area contributed by atoms with Gasteiger partial charge in [0.1, 0.15) is 0 Å². The van der Waals surface area contributed by atoms with E-state index in [-0.39, 0.29) is 5.91 Å². The van der Waals surface area contributed by atoms with Gasteiger partial charge in [-0.1, -0.05) is 0 Å². The van der Waals surface area contributed by atoms with Crippen molar-refractivity contribution in [1.29, 1.82) is 0 Å². The van der Waals surface area contributed by atoms with Crippen LogP contribution in [0.2, 0.25) is 0 Å². The van der Waals surface area contributed by atoms with Gasteiger partial charge in [0.2, 0.25) is 5.91 Å². The van der Waals surface area contributed by atoms with E-state index in [4.69, 9.17) is 5.73 Å². The molecular formula is C12H14N2O3. The molecule has 0 bridgehead atoms. The molecule has 90 valence electrons. The molecule has 0 saturated carbocycles. The number of rotatable bonds is 1. The fourth-order valence-electron chi connectivity index (χ4n) is 2.05. The van der Waals surface area contributed by atoms with Crippen LogP contribution in [-0.2, 0) is 16.0 Å². The lowest BCUT2D eigenvalue weighted by Gasteiger charge is -2.27. The van der Waals surface area contributed by atoms with Crippen LogP contribution < -0.4 is 10.6 Å². The van der Waals surface area contributed by atoms with Gasteiger partial charge in [0.25, 0.3) is 0 Å². The molecule has 0 atom stereocenters. The first-order valence-corrected chi connectivity index (χ1v) is 5.32. The highest BCUT2D eigenvalue weighted by Gasteiger charge is 2.25. The van der Waals surface area contributed by atoms with Crippen LogP contribution in [0.1, 0.15) is 22.3 Å². The molecule has 0 fully saturated rings. The topological polar surface area (TPSA) is 72.6 Å². The minimum atomic E-state index is -0.454. The first-order chi connectivity index (χ1) is 8.06. The summed E-state index contributed by atoms with van der Waals surface area (Å²) < 4.78 is 4.66. The average Bonchev–Trinajstić information content (AvgIpc) is 2.33. The van der Waals surface area contributed by atoms with Crippen LogP contribution in [-0.4, -0.2) is 26.0 Å². The molecule has 1 aliphatic heterocycles. The molecule has 2 N–H and O–H groups in total. The molecule has 0 radical (unpaired) electrons. The number of nitrogens with zero attached hydrogens (tertiary/aromatic N) is 1. The van der Waals surface area contributed by atoms with Crippen molar-refractivity contribution >= 4 is 23.3 Å². The van der Waals surface area contributed by atoms with E-state index in [1.54, 1.807) is 24.1 Å². The molecule has 5 heteroatoms. The molecule has 2 rings (SSSR count). The Morgan fingerprint density at radius 1 is 1.41 bits per heavy atom. The maximum atomic E-state index is 11.5. The Hall–Kier alpha value is -2.04. The van der Waals surface area contributed by atoms with E-state index >= 15 is 0 Å². The van der Waals surface area contributed by atoms with Crippen LogP contribution in [0.25, 0.3) is 0 Å². The van der Waals surface area contributed by atoms with Crippen LogP contribution in [0.4, 0.5) is 11.4 Å². The van der Waals surface area contributed by atoms with E-state index in [2.05, 4.69) is 4.74 Å². The van der Waals surface area contributed by atoms with Crippen molar-refractivity contribution in [2.75, 3.05) is 24.8 Å². The highest BCUT2D eigenvalue weighted by molar-refractivity contribution is 6.01. The first kappa shape index (κ1) is 11.4. The van der Waals surface area contributed by atoms with Crippen LogP contribution >= 0.6 is 0 Å². The molecule has 1 aromatic carbocycles. The standard InChI is InChI=1S/C12H14N2O3/c1-14-9-5-3-8(12(16)17-2)11(13)7(9)4-6-10(14)15/h3,5H,4,6,13H2,1-2H3. The minimum absolute atomic E-state index is 0.0581. The van der Waals surface area contributed by atoms with Gasteiger partial charge in [-0.25, -0.2) is 4.79 Å². The number of amides is 1. The van der Waals surface area contributed by atoms with Crippen LogP contribution in [0, 0.1) is 0 Å². The van der Waals surface area contributed by atoms with Gasteiger partial charge in [0.05, 0.1) is 18.4 Å². The van der Waals surface area contributed by atoms with Crippen molar-refractivity contribution in [2.45, 2.75) is 12.8 Å². The number of ether oxygens (including phenoxy) is 1. The summed E-state index contributed by atoms with van der Waals surface area (Å²) in [6.07, 6.45) is 0.980. The van der Waals surface area contributed by atoms with Crippen LogP contribution in [0.15, 0.2) is 12.1 Å². The lowest BCUT2D eigenvalue weighted by molar-refractivity contribution is -0.118. The Kier molecular flexibility index (Phi) is 2.75. The van der Waals surface area contributed by atoms with Crippen molar-refractivity contribution < 1.29 is 14.3 Å². The van der Waals surface area contributed by atoms with Gasteiger partial charge in [-0.05, 0) is 18.6 Å². The Balaban J connectivity index is 2.53. The summed E-state index contributed by atoms with van der Waals surface area (Å²) in [6.45, 7) is 0. The number of carbonyl (C=O) groups excluding carboxylic acids is 2. The predicted molar refractivity (Wildman–Crippen MR) is 63.9 cm³/mol. The highest BCUT2D eigenvalue weighted by Crippen LogP contribution is 2.33. The molecule has 0 aliphatic carbocycles. The molecule has 0 unspecified atom stereocenters. The summed E-state index contributed by atoms with van der Waals surface area (Å²) in [5.41, 5.74) is 8.33. The second-order valence-corrected chi connectivity index (χ2v) is 3.97. The molecule has 0 spiro atoms. The Labute approximate surface area is 99.2 Å². The zero-order valence-electron chi connectivity index (χ0n) is 9.82. The van der Waals surface area contributed by atoms with Gasteiger partial charge in [-0.15, -0.1) is 0 Å². The molecule has 1 heterocycles. The van der Waals surface area contributed by atoms with Crippen LogP contribution in [0.5, 0.6) is 0 Å². The third-order valence-electron chi connectivity index (χ3n) is 3.06. The van der Waals surface area contributed by atoms with E-state index < -0.39 is 5.97 Å². The number of nitrogen functional groups attached to an aromatic ring is 1. The number of hydrogen-bond acceptors (Lipinski definition) is 4. The number of anilines is 2. The second kappa shape index (κ2) is 4.08. The average molecular weight is 234 g/mol. The summed E-state index contributed by atoms with van der Waals surface area (Å²) in [7, 11) is 3.02. The smallest absolute Gasteiger partial charge is 0.339 e. The third-order valence-corrected chi connectivity index (χ3v) is 3.06. The molecule has 0 saturated heterocycles. The van der Waals surface area contributed by atoms with Gasteiger partial charge in [0, 0.05) is 24.7 Å². The molecule has 1 aliphatic rings. The zero-order valence-corrected chi connectivity index (χ0v) is 9.82. The molecule has 5 nitrogen and oxygen atoms in total. The van der Waals surface area contributed by atoms with Crippen molar-refractivity contribution in [2.24, 2.45) is 0 Å². The normalized spacial score (nSPS) is 14.5. The third kappa shape index (κ3) is 1.73. The Bertz CT molecular complexity index is 497. The Morgan fingerprint density at radius 3 is 2.76 bits per heavy atom. The monoisotopic (exact) mass is 234 g/mol. The van der Waals surface area contributed by atoms with E-state index in [9.17, 15) is 9.59 Å². The molecule has 1 aromatic rings. The number of benzene rings is 1. The number of carbonyl (C=O) groups is 2. The fraction of sp³-hybridized carbons (Fsp3) is 0.333. The second-order valence-electron chi connectivity index (χ2n) is 3.97. The summed E-state index contributed by atoms with van der Waals surface area (Å²) in [4.78, 5) is 24.6. The lowest BCUT2D eigenvalue weighted by atomic mass is 9.96. The van der Waals surface area contributed by atoms with Crippen molar-refractivity contribution in [1.82, 2.24) is 0 Å². The summed E-state index contributed by atoms with van der Waals surface area (Å²) in [6, 6.07) is 3.32. The minimum Gasteiger partial charge on any atom is -0.465 e. The van der Waals surface area contributed by atoms with E-state index in [0.29, 0.717) is 24.1 Å². The van der Waals surface area contributed by atoms with Crippen molar-refractivity contribution in [3.63, 3.8) is 0 Å². The summed E-state index contributed by atoms with van der Waals surface area (Å²) in [5, 5.41) is 0. The maximum Gasteiger partial charge on any atom is 0.339 e. The zero-order chi connectivity index (χ0) is 12.6. The molecule has 17 heavy (non-hydrogen) atoms. The molecular weight excluding hydrogens is 220 g/mol.